The van der Waals surface area contributed by atoms with E-state index in [1.54, 1.807) is 14.2 Å². The molecule has 0 bridgehead atoms. The monoisotopic (exact) mass is 438 g/mol. The molecule has 0 radical (unpaired) electrons. The van der Waals surface area contributed by atoms with Gasteiger partial charge < -0.3 is 24.7 Å². The van der Waals surface area contributed by atoms with Crippen LogP contribution in [0, 0.1) is 13.8 Å². The molecule has 1 aromatic rings. The fourth-order valence-corrected chi connectivity index (χ4v) is 2.21. The maximum atomic E-state index is 5.52. The normalized spacial score (nSPS) is 11.5. The van der Waals surface area contributed by atoms with Crippen molar-refractivity contribution in [1.29, 1.82) is 0 Å². The second-order valence-electron chi connectivity index (χ2n) is 5.44. The quantitative estimate of drug-likeness (QED) is 0.268. The van der Waals surface area contributed by atoms with Crippen molar-refractivity contribution in [3.05, 3.63) is 23.2 Å². The predicted octanol–water partition coefficient (Wildman–Crippen LogP) is 2.15. The molecule has 0 fully saturated rings. The largest absolute Gasteiger partial charge is 0.466 e. The lowest BCUT2D eigenvalue weighted by atomic mass is 10.2. The van der Waals surface area contributed by atoms with Crippen molar-refractivity contribution in [2.75, 3.05) is 47.4 Å². The molecule has 23 heavy (non-hydrogen) atoms. The highest BCUT2D eigenvalue weighted by atomic mass is 127. The number of aliphatic imine (C=N–C) groups is 1. The summed E-state index contributed by atoms with van der Waals surface area (Å²) < 4.78 is 10.6. The highest BCUT2D eigenvalue weighted by molar-refractivity contribution is 14.0. The van der Waals surface area contributed by atoms with E-state index in [1.165, 1.54) is 0 Å². The molecule has 0 spiro atoms. The Bertz CT molecular complexity index is 463. The fraction of sp³-hybridized carbons (Fsp3) is 0.688. The van der Waals surface area contributed by atoms with Gasteiger partial charge in [-0.2, -0.15) is 0 Å². The van der Waals surface area contributed by atoms with Crippen LogP contribution in [0.15, 0.2) is 15.5 Å². The van der Waals surface area contributed by atoms with Crippen molar-refractivity contribution in [3.63, 3.8) is 0 Å². The van der Waals surface area contributed by atoms with E-state index in [1.807, 2.05) is 13.8 Å². The highest BCUT2D eigenvalue weighted by Gasteiger charge is 2.05. The summed E-state index contributed by atoms with van der Waals surface area (Å²) in [6, 6.07) is 2.05. The van der Waals surface area contributed by atoms with E-state index in [4.69, 9.17) is 9.15 Å². The molecular weight excluding hydrogens is 407 g/mol. The molecule has 7 heteroatoms. The third-order valence-electron chi connectivity index (χ3n) is 3.49. The third-order valence-corrected chi connectivity index (χ3v) is 3.49. The Labute approximate surface area is 157 Å². The van der Waals surface area contributed by atoms with Crippen LogP contribution in [0.2, 0.25) is 0 Å². The van der Waals surface area contributed by atoms with Gasteiger partial charge in [-0.3, -0.25) is 4.99 Å². The van der Waals surface area contributed by atoms with Gasteiger partial charge in [-0.25, -0.2) is 0 Å². The number of likely N-dealkylation sites (N-methyl/N-ethyl adjacent to an activating group) is 1. The summed E-state index contributed by atoms with van der Waals surface area (Å²) in [6.45, 7) is 8.32. The topological polar surface area (TPSA) is 62.0 Å². The van der Waals surface area contributed by atoms with E-state index in [9.17, 15) is 0 Å². The number of hydrogen-bond donors (Lipinski definition) is 2. The fourth-order valence-electron chi connectivity index (χ4n) is 2.21. The van der Waals surface area contributed by atoms with Gasteiger partial charge in [0.25, 0.3) is 0 Å². The van der Waals surface area contributed by atoms with Crippen LogP contribution in [-0.2, 0) is 11.3 Å². The maximum absolute atomic E-state index is 5.52. The van der Waals surface area contributed by atoms with Crippen LogP contribution in [0.4, 0.5) is 0 Å². The molecule has 1 rings (SSSR count). The Kier molecular flexibility index (Phi) is 12.2. The van der Waals surface area contributed by atoms with Gasteiger partial charge in [0.1, 0.15) is 11.5 Å². The molecular formula is C16H31IN4O2. The number of nitrogens with zero attached hydrogens (tertiary/aromatic N) is 2. The first-order chi connectivity index (χ1) is 10.6. The Morgan fingerprint density at radius 3 is 2.61 bits per heavy atom. The maximum Gasteiger partial charge on any atom is 0.191 e. The summed E-state index contributed by atoms with van der Waals surface area (Å²) >= 11 is 0. The molecule has 6 nitrogen and oxygen atoms in total. The zero-order valence-corrected chi connectivity index (χ0v) is 17.3. The lowest BCUT2D eigenvalue weighted by Crippen LogP contribution is -2.40. The lowest BCUT2D eigenvalue weighted by Gasteiger charge is -2.18. The van der Waals surface area contributed by atoms with Crippen molar-refractivity contribution < 1.29 is 9.15 Å². The molecule has 0 aliphatic heterocycles. The third kappa shape index (κ3) is 9.17. The molecule has 2 N–H and O–H groups in total. The number of aryl methyl sites for hydroxylation is 2. The second kappa shape index (κ2) is 12.6. The minimum absolute atomic E-state index is 0. The van der Waals surface area contributed by atoms with E-state index >= 15 is 0 Å². The second-order valence-corrected chi connectivity index (χ2v) is 5.44. The first-order valence-corrected chi connectivity index (χ1v) is 7.74. The average molecular weight is 438 g/mol. The van der Waals surface area contributed by atoms with Crippen LogP contribution in [0.3, 0.4) is 0 Å². The Morgan fingerprint density at radius 2 is 2.04 bits per heavy atom. The molecule has 0 atom stereocenters. The van der Waals surface area contributed by atoms with Gasteiger partial charge in [-0.05, 0) is 33.4 Å². The zero-order chi connectivity index (χ0) is 16.4. The Morgan fingerprint density at radius 1 is 1.30 bits per heavy atom. The summed E-state index contributed by atoms with van der Waals surface area (Å²) in [7, 11) is 5.64. The molecule has 1 heterocycles. The number of hydrogen-bond acceptors (Lipinski definition) is 4. The van der Waals surface area contributed by atoms with Crippen molar-refractivity contribution in [1.82, 2.24) is 15.5 Å². The number of halogens is 1. The van der Waals surface area contributed by atoms with Gasteiger partial charge in [0, 0.05) is 52.5 Å². The van der Waals surface area contributed by atoms with Crippen LogP contribution in [0.1, 0.15) is 23.5 Å². The van der Waals surface area contributed by atoms with E-state index in [0.717, 1.165) is 55.7 Å². The van der Waals surface area contributed by atoms with E-state index in [2.05, 4.69) is 33.6 Å². The van der Waals surface area contributed by atoms with E-state index < -0.39 is 0 Å². The average Bonchev–Trinajstić information content (AvgIpc) is 2.81. The van der Waals surface area contributed by atoms with Gasteiger partial charge in [0.05, 0.1) is 0 Å². The number of methoxy groups -OCH3 is 1. The van der Waals surface area contributed by atoms with Crippen LogP contribution >= 0.6 is 24.0 Å². The highest BCUT2D eigenvalue weighted by Crippen LogP contribution is 2.12. The lowest BCUT2D eigenvalue weighted by molar-refractivity contribution is 0.180. The van der Waals surface area contributed by atoms with Crippen molar-refractivity contribution >= 4 is 29.9 Å². The first-order valence-electron chi connectivity index (χ1n) is 7.74. The summed E-state index contributed by atoms with van der Waals surface area (Å²) in [4.78, 5) is 6.52. The summed E-state index contributed by atoms with van der Waals surface area (Å²) in [5.74, 6) is 2.71. The van der Waals surface area contributed by atoms with Crippen LogP contribution in [0.5, 0.6) is 0 Å². The molecule has 0 unspecified atom stereocenters. The van der Waals surface area contributed by atoms with Gasteiger partial charge >= 0.3 is 0 Å². The molecule has 1 aromatic heterocycles. The number of ether oxygens (including phenoxy) is 1. The Balaban J connectivity index is 0.00000484. The van der Waals surface area contributed by atoms with Gasteiger partial charge in [-0.1, -0.05) is 0 Å². The zero-order valence-electron chi connectivity index (χ0n) is 14.9. The number of rotatable bonds is 9. The molecule has 0 aliphatic rings. The predicted molar refractivity (Wildman–Crippen MR) is 106 cm³/mol. The van der Waals surface area contributed by atoms with Crippen LogP contribution in [0.25, 0.3) is 0 Å². The van der Waals surface area contributed by atoms with Crippen molar-refractivity contribution in [2.45, 2.75) is 26.8 Å². The molecule has 0 amide bonds. The molecule has 0 saturated carbocycles. The van der Waals surface area contributed by atoms with Gasteiger partial charge in [0.2, 0.25) is 0 Å². The molecule has 0 aromatic carbocycles. The number of nitrogens with one attached hydrogen (secondary N) is 2. The van der Waals surface area contributed by atoms with Crippen LogP contribution < -0.4 is 10.6 Å². The standard InChI is InChI=1S/C16H30N4O2.HI/c1-13-11-15(14(2)22-13)12-19-16(17-3)18-7-9-20(4)8-6-10-21-5;/h11H,6-10,12H2,1-5H3,(H2,17,18,19);1H. The van der Waals surface area contributed by atoms with Gasteiger partial charge in [0.15, 0.2) is 5.96 Å². The number of guanidine groups is 1. The Hall–Kier alpha value is -0.800. The summed E-state index contributed by atoms with van der Waals surface area (Å²) in [5.41, 5.74) is 1.16. The first kappa shape index (κ1) is 22.2. The minimum atomic E-state index is 0. The molecule has 134 valence electrons. The number of furan rings is 1. The van der Waals surface area contributed by atoms with E-state index in [-0.39, 0.29) is 24.0 Å². The van der Waals surface area contributed by atoms with Crippen molar-refractivity contribution in [3.8, 4) is 0 Å². The molecule has 0 saturated heterocycles. The van der Waals surface area contributed by atoms with Gasteiger partial charge in [-0.15, -0.1) is 24.0 Å². The summed E-state index contributed by atoms with van der Waals surface area (Å²) in [6.07, 6.45) is 1.05. The molecule has 0 aliphatic carbocycles. The minimum Gasteiger partial charge on any atom is -0.466 e. The smallest absolute Gasteiger partial charge is 0.191 e. The van der Waals surface area contributed by atoms with E-state index in [0.29, 0.717) is 6.54 Å². The summed E-state index contributed by atoms with van der Waals surface area (Å²) in [5, 5.41) is 6.63. The SMILES string of the molecule is CN=C(NCCN(C)CCCOC)NCc1cc(C)oc1C.I. The van der Waals surface area contributed by atoms with Crippen LogP contribution in [-0.4, -0.2) is 58.3 Å². The van der Waals surface area contributed by atoms with Crippen molar-refractivity contribution in [2.24, 2.45) is 4.99 Å².